The summed E-state index contributed by atoms with van der Waals surface area (Å²) in [6, 6.07) is 6.84. The van der Waals surface area contributed by atoms with Gasteiger partial charge in [0.05, 0.1) is 17.8 Å². The number of rotatable bonds is 7. The molecule has 0 unspecified atom stereocenters. The van der Waals surface area contributed by atoms with Gasteiger partial charge in [0.1, 0.15) is 0 Å². The van der Waals surface area contributed by atoms with Gasteiger partial charge in [-0.1, -0.05) is 26.8 Å². The summed E-state index contributed by atoms with van der Waals surface area (Å²) in [7, 11) is -3.67. The number of nitrogens with one attached hydrogen (secondary N) is 1. The van der Waals surface area contributed by atoms with Crippen molar-refractivity contribution in [2.45, 2.75) is 44.9 Å². The molecule has 0 amide bonds. The van der Waals surface area contributed by atoms with Gasteiger partial charge in [-0.05, 0) is 30.9 Å². The fraction of sp³-hybridized carbons (Fsp3) is 0.571. The molecule has 20 heavy (non-hydrogen) atoms. The Morgan fingerprint density at radius 3 is 2.55 bits per heavy atom. The Balaban J connectivity index is 3.00. The van der Waals surface area contributed by atoms with Crippen molar-refractivity contribution in [2.75, 3.05) is 0 Å². The van der Waals surface area contributed by atoms with Crippen LogP contribution >= 0.6 is 0 Å². The van der Waals surface area contributed by atoms with Gasteiger partial charge in [0, 0.05) is 6.20 Å². The smallest absolute Gasteiger partial charge is 0.228 e. The summed E-state index contributed by atoms with van der Waals surface area (Å²) < 4.78 is 27.0. The second kappa shape index (κ2) is 7.36. The highest BCUT2D eigenvalue weighted by molar-refractivity contribution is 7.90. The normalized spacial score (nSPS) is 14.8. The zero-order valence-corrected chi connectivity index (χ0v) is 12.9. The number of nitrogens with zero attached hydrogens (tertiary/aromatic N) is 2. The summed E-state index contributed by atoms with van der Waals surface area (Å²) >= 11 is 0. The maximum atomic E-state index is 12.2. The predicted molar refractivity (Wildman–Crippen MR) is 78.2 cm³/mol. The third kappa shape index (κ3) is 4.58. The van der Waals surface area contributed by atoms with Crippen LogP contribution in [0.4, 0.5) is 0 Å². The highest BCUT2D eigenvalue weighted by Gasteiger charge is 2.28. The Labute approximate surface area is 121 Å². The van der Waals surface area contributed by atoms with Crippen LogP contribution in [0.3, 0.4) is 0 Å². The minimum Gasteiger partial charge on any atom is -0.260 e. The molecule has 0 saturated carbocycles. The molecular weight excluding hydrogens is 274 g/mol. The van der Waals surface area contributed by atoms with Crippen molar-refractivity contribution >= 4 is 10.0 Å². The van der Waals surface area contributed by atoms with Gasteiger partial charge in [-0.25, -0.2) is 13.1 Å². The van der Waals surface area contributed by atoms with E-state index in [1.807, 2.05) is 26.0 Å². The van der Waals surface area contributed by atoms with Gasteiger partial charge < -0.3 is 0 Å². The van der Waals surface area contributed by atoms with E-state index in [0.717, 1.165) is 0 Å². The monoisotopic (exact) mass is 295 g/mol. The Kier molecular flexibility index (Phi) is 6.11. The second-order valence-corrected chi connectivity index (χ2v) is 7.02. The van der Waals surface area contributed by atoms with Crippen LogP contribution in [-0.4, -0.2) is 18.7 Å². The molecule has 0 aromatic carbocycles. The quantitative estimate of drug-likeness (QED) is 0.837. The van der Waals surface area contributed by atoms with E-state index in [-0.39, 0.29) is 6.42 Å². The van der Waals surface area contributed by atoms with Gasteiger partial charge in [0.25, 0.3) is 0 Å². The topological polar surface area (TPSA) is 82.8 Å². The minimum atomic E-state index is -3.67. The van der Waals surface area contributed by atoms with E-state index in [1.54, 1.807) is 25.3 Å². The van der Waals surface area contributed by atoms with Crippen LogP contribution in [0.25, 0.3) is 0 Å². The molecule has 0 spiro atoms. The molecule has 0 aliphatic carbocycles. The molecule has 5 nitrogen and oxygen atoms in total. The molecule has 6 heteroatoms. The second-order valence-electron chi connectivity index (χ2n) is 5.13. The lowest BCUT2D eigenvalue weighted by Gasteiger charge is -2.21. The van der Waals surface area contributed by atoms with Crippen molar-refractivity contribution < 1.29 is 8.42 Å². The van der Waals surface area contributed by atoms with Crippen LogP contribution in [0.2, 0.25) is 0 Å². The molecule has 1 aromatic heterocycles. The molecule has 0 aliphatic rings. The summed E-state index contributed by atoms with van der Waals surface area (Å²) in [6.45, 7) is 5.73. The molecule has 110 valence electrons. The fourth-order valence-electron chi connectivity index (χ4n) is 1.94. The van der Waals surface area contributed by atoms with Gasteiger partial charge in [-0.3, -0.25) is 4.98 Å². The van der Waals surface area contributed by atoms with Crippen molar-refractivity contribution in [1.82, 2.24) is 9.71 Å². The molecule has 0 radical (unpaired) electrons. The zero-order chi connectivity index (χ0) is 15.2. The summed E-state index contributed by atoms with van der Waals surface area (Å²) in [5, 5.41) is 7.92. The van der Waals surface area contributed by atoms with Crippen molar-refractivity contribution in [3.63, 3.8) is 0 Å². The minimum absolute atomic E-state index is 0.266. The van der Waals surface area contributed by atoms with Crippen LogP contribution in [0, 0.1) is 17.2 Å². The molecule has 0 aliphatic heterocycles. The number of aromatic nitrogens is 1. The van der Waals surface area contributed by atoms with Gasteiger partial charge in [-0.15, -0.1) is 0 Å². The van der Waals surface area contributed by atoms with E-state index < -0.39 is 21.3 Å². The third-order valence-corrected chi connectivity index (χ3v) is 4.75. The number of hydrogen-bond acceptors (Lipinski definition) is 4. The first-order valence-electron chi connectivity index (χ1n) is 6.72. The lowest BCUT2D eigenvalue weighted by atomic mass is 10.0. The van der Waals surface area contributed by atoms with E-state index in [1.165, 1.54) is 0 Å². The number of nitriles is 1. The first-order chi connectivity index (χ1) is 9.40. The molecular formula is C14H21N3O2S. The number of sulfonamides is 1. The molecule has 0 bridgehead atoms. The predicted octanol–water partition coefficient (Wildman–Crippen LogP) is 2.39. The first kappa shape index (κ1) is 16.6. The molecule has 1 aromatic rings. The Bertz CT molecular complexity index is 550. The fourth-order valence-corrected chi connectivity index (χ4v) is 3.30. The zero-order valence-electron chi connectivity index (χ0n) is 12.1. The van der Waals surface area contributed by atoms with Crippen molar-refractivity contribution in [2.24, 2.45) is 5.92 Å². The van der Waals surface area contributed by atoms with E-state index in [0.29, 0.717) is 18.0 Å². The molecule has 1 heterocycles. The largest absolute Gasteiger partial charge is 0.260 e. The van der Waals surface area contributed by atoms with Crippen LogP contribution in [-0.2, 0) is 10.0 Å². The highest BCUT2D eigenvalue weighted by atomic mass is 32.2. The van der Waals surface area contributed by atoms with Crippen molar-refractivity contribution in [3.8, 4) is 6.07 Å². The summed E-state index contributed by atoms with van der Waals surface area (Å²) in [4.78, 5) is 4.22. The van der Waals surface area contributed by atoms with Gasteiger partial charge in [-0.2, -0.15) is 5.26 Å². The van der Waals surface area contributed by atoms with Gasteiger partial charge in [0.15, 0.2) is 5.25 Å². The summed E-state index contributed by atoms with van der Waals surface area (Å²) in [5.41, 5.74) is 0.678. The Morgan fingerprint density at radius 2 is 2.10 bits per heavy atom. The van der Waals surface area contributed by atoms with Crippen molar-refractivity contribution in [3.05, 3.63) is 30.1 Å². The maximum absolute atomic E-state index is 12.2. The van der Waals surface area contributed by atoms with Crippen LogP contribution in [0.15, 0.2) is 24.4 Å². The number of pyridine rings is 1. The third-order valence-electron chi connectivity index (χ3n) is 2.95. The first-order valence-corrected chi connectivity index (χ1v) is 8.27. The van der Waals surface area contributed by atoms with E-state index in [9.17, 15) is 8.42 Å². The molecule has 1 N–H and O–H groups in total. The van der Waals surface area contributed by atoms with Gasteiger partial charge >= 0.3 is 0 Å². The van der Waals surface area contributed by atoms with Gasteiger partial charge in [0.2, 0.25) is 10.0 Å². The van der Waals surface area contributed by atoms with Crippen molar-refractivity contribution in [1.29, 1.82) is 5.26 Å². The molecule has 1 rings (SSSR count). The van der Waals surface area contributed by atoms with Crippen LogP contribution in [0.5, 0.6) is 0 Å². The van der Waals surface area contributed by atoms with E-state index in [4.69, 9.17) is 5.26 Å². The average Bonchev–Trinajstić information content (AvgIpc) is 2.39. The molecule has 2 atom stereocenters. The van der Waals surface area contributed by atoms with E-state index >= 15 is 0 Å². The van der Waals surface area contributed by atoms with Crippen LogP contribution < -0.4 is 4.72 Å². The SMILES string of the molecule is CC[C@H](C#N)S(=O)(=O)N[C@@H](CC(C)C)c1ccccn1. The Morgan fingerprint density at radius 1 is 1.40 bits per heavy atom. The number of hydrogen-bond donors (Lipinski definition) is 1. The maximum Gasteiger partial charge on any atom is 0.228 e. The lowest BCUT2D eigenvalue weighted by molar-refractivity contribution is 0.463. The standard InChI is InChI=1S/C14H21N3O2S/c1-4-12(10-15)20(18,19)17-14(9-11(2)3)13-7-5-6-8-16-13/h5-8,11-12,14,17H,4,9H2,1-3H3/t12-,14+/m1/s1. The molecule has 0 fully saturated rings. The highest BCUT2D eigenvalue weighted by Crippen LogP contribution is 2.21. The summed E-state index contributed by atoms with van der Waals surface area (Å²) in [5.74, 6) is 0.312. The van der Waals surface area contributed by atoms with E-state index in [2.05, 4.69) is 9.71 Å². The lowest BCUT2D eigenvalue weighted by Crippen LogP contribution is -2.36. The molecule has 0 saturated heterocycles. The van der Waals surface area contributed by atoms with Crippen LogP contribution in [0.1, 0.15) is 45.3 Å². The average molecular weight is 295 g/mol. The summed E-state index contributed by atoms with van der Waals surface area (Å²) in [6.07, 6.45) is 2.54. The Hall–Kier alpha value is -1.45.